The summed E-state index contributed by atoms with van der Waals surface area (Å²) in [6.07, 6.45) is 2.46. The van der Waals surface area contributed by atoms with Gasteiger partial charge in [-0.3, -0.25) is 0 Å². The fourth-order valence-corrected chi connectivity index (χ4v) is 1.34. The third-order valence-corrected chi connectivity index (χ3v) is 2.25. The first-order valence-electron chi connectivity index (χ1n) is 5.21. The summed E-state index contributed by atoms with van der Waals surface area (Å²) in [6.45, 7) is 11.0. The van der Waals surface area contributed by atoms with E-state index in [9.17, 15) is 0 Å². The first-order valence-corrected chi connectivity index (χ1v) is 5.21. The molecule has 0 saturated heterocycles. The zero-order chi connectivity index (χ0) is 9.40. The van der Waals surface area contributed by atoms with Crippen molar-refractivity contribution >= 4 is 0 Å². The average Bonchev–Trinajstić information content (AvgIpc) is 2.07. The highest BCUT2D eigenvalue weighted by Gasteiger charge is 2.04. The average molecular weight is 172 g/mol. The third-order valence-electron chi connectivity index (χ3n) is 2.25. The number of nitrogens with one attached hydrogen (secondary N) is 2. The molecule has 0 aromatic heterocycles. The Morgan fingerprint density at radius 3 is 2.00 bits per heavy atom. The Morgan fingerprint density at radius 2 is 1.58 bits per heavy atom. The van der Waals surface area contributed by atoms with Gasteiger partial charge in [-0.25, -0.2) is 0 Å². The van der Waals surface area contributed by atoms with Gasteiger partial charge in [-0.2, -0.15) is 0 Å². The second-order valence-corrected chi connectivity index (χ2v) is 3.38. The highest BCUT2D eigenvalue weighted by Crippen LogP contribution is 1.95. The summed E-state index contributed by atoms with van der Waals surface area (Å²) in [5.74, 6) is 0. The van der Waals surface area contributed by atoms with Crippen LogP contribution in [0.3, 0.4) is 0 Å². The lowest BCUT2D eigenvalue weighted by atomic mass is 10.1. The van der Waals surface area contributed by atoms with Gasteiger partial charge >= 0.3 is 0 Å². The van der Waals surface area contributed by atoms with Gasteiger partial charge in [0, 0.05) is 18.6 Å². The second-order valence-electron chi connectivity index (χ2n) is 3.38. The molecule has 0 aromatic rings. The van der Waals surface area contributed by atoms with Crippen LogP contribution in [-0.4, -0.2) is 25.2 Å². The maximum absolute atomic E-state index is 3.54. The lowest BCUT2D eigenvalue weighted by molar-refractivity contribution is 0.435. The van der Waals surface area contributed by atoms with Crippen LogP contribution in [0.1, 0.15) is 40.5 Å². The summed E-state index contributed by atoms with van der Waals surface area (Å²) < 4.78 is 0. The van der Waals surface area contributed by atoms with E-state index in [0.717, 1.165) is 13.1 Å². The quantitative estimate of drug-likeness (QED) is 0.611. The van der Waals surface area contributed by atoms with E-state index in [4.69, 9.17) is 0 Å². The van der Waals surface area contributed by atoms with Gasteiger partial charge in [0.15, 0.2) is 0 Å². The molecule has 0 amide bonds. The van der Waals surface area contributed by atoms with Crippen molar-refractivity contribution in [3.63, 3.8) is 0 Å². The van der Waals surface area contributed by atoms with Crippen LogP contribution in [0, 0.1) is 0 Å². The molecule has 0 aromatic carbocycles. The molecule has 74 valence electrons. The van der Waals surface area contributed by atoms with E-state index < -0.39 is 0 Å². The molecule has 0 saturated carbocycles. The minimum Gasteiger partial charge on any atom is -0.313 e. The van der Waals surface area contributed by atoms with Crippen LogP contribution in [0.4, 0.5) is 0 Å². The first kappa shape index (κ1) is 11.9. The Morgan fingerprint density at radius 1 is 1.00 bits per heavy atom. The Labute approximate surface area is 77.1 Å². The topological polar surface area (TPSA) is 24.1 Å². The molecular weight excluding hydrogens is 148 g/mol. The van der Waals surface area contributed by atoms with Gasteiger partial charge in [0.25, 0.3) is 0 Å². The smallest absolute Gasteiger partial charge is 0.0164 e. The van der Waals surface area contributed by atoms with E-state index in [1.165, 1.54) is 12.8 Å². The van der Waals surface area contributed by atoms with Crippen LogP contribution < -0.4 is 10.6 Å². The largest absolute Gasteiger partial charge is 0.313 e. The Kier molecular flexibility index (Phi) is 7.51. The molecule has 1 atom stereocenters. The van der Waals surface area contributed by atoms with Crippen LogP contribution in [-0.2, 0) is 0 Å². The van der Waals surface area contributed by atoms with Crippen molar-refractivity contribution in [2.45, 2.75) is 52.6 Å². The minimum absolute atomic E-state index is 0.593. The Bertz CT molecular complexity index is 89.8. The van der Waals surface area contributed by atoms with Crippen LogP contribution in [0.25, 0.3) is 0 Å². The van der Waals surface area contributed by atoms with Crippen LogP contribution in [0.15, 0.2) is 0 Å². The third kappa shape index (κ3) is 5.56. The monoisotopic (exact) mass is 172 g/mol. The molecule has 2 N–H and O–H groups in total. The zero-order valence-corrected chi connectivity index (χ0v) is 8.98. The molecule has 2 heteroatoms. The predicted octanol–water partition coefficient (Wildman–Crippen LogP) is 1.76. The van der Waals surface area contributed by atoms with Crippen molar-refractivity contribution in [3.05, 3.63) is 0 Å². The summed E-state index contributed by atoms with van der Waals surface area (Å²) in [4.78, 5) is 0. The second kappa shape index (κ2) is 7.56. The van der Waals surface area contributed by atoms with E-state index in [0.29, 0.717) is 12.1 Å². The molecule has 0 heterocycles. The molecule has 12 heavy (non-hydrogen) atoms. The molecule has 0 aliphatic rings. The molecule has 0 spiro atoms. The highest BCUT2D eigenvalue weighted by atomic mass is 15.0. The summed E-state index contributed by atoms with van der Waals surface area (Å²) in [7, 11) is 0. The molecule has 2 nitrogen and oxygen atoms in total. The summed E-state index contributed by atoms with van der Waals surface area (Å²) in [5.41, 5.74) is 0. The number of likely N-dealkylation sites (N-methyl/N-ethyl adjacent to an activating group) is 1. The predicted molar refractivity (Wildman–Crippen MR) is 55.5 cm³/mol. The number of hydrogen-bond acceptors (Lipinski definition) is 2. The fraction of sp³-hybridized carbons (Fsp3) is 1.00. The van der Waals surface area contributed by atoms with Gasteiger partial charge < -0.3 is 10.6 Å². The maximum atomic E-state index is 3.54. The molecule has 0 aliphatic heterocycles. The van der Waals surface area contributed by atoms with Crippen molar-refractivity contribution < 1.29 is 0 Å². The summed E-state index contributed by atoms with van der Waals surface area (Å²) in [5, 5.41) is 6.93. The van der Waals surface area contributed by atoms with Gasteiger partial charge in [-0.1, -0.05) is 20.8 Å². The number of rotatable bonds is 7. The molecule has 0 bridgehead atoms. The van der Waals surface area contributed by atoms with E-state index in [1.807, 2.05) is 0 Å². The number of hydrogen-bond donors (Lipinski definition) is 2. The van der Waals surface area contributed by atoms with Crippen LogP contribution in [0.2, 0.25) is 0 Å². The van der Waals surface area contributed by atoms with Crippen LogP contribution in [0.5, 0.6) is 0 Å². The first-order chi connectivity index (χ1) is 5.74. The lowest BCUT2D eigenvalue weighted by Crippen LogP contribution is -2.40. The lowest BCUT2D eigenvalue weighted by Gasteiger charge is -2.18. The van der Waals surface area contributed by atoms with Crippen molar-refractivity contribution in [2.24, 2.45) is 0 Å². The van der Waals surface area contributed by atoms with E-state index in [2.05, 4.69) is 38.3 Å². The van der Waals surface area contributed by atoms with E-state index in [1.54, 1.807) is 0 Å². The molecule has 0 fully saturated rings. The molecular formula is C10H24N2. The van der Waals surface area contributed by atoms with Crippen LogP contribution >= 0.6 is 0 Å². The van der Waals surface area contributed by atoms with Crippen molar-refractivity contribution in [3.8, 4) is 0 Å². The summed E-state index contributed by atoms with van der Waals surface area (Å²) in [6, 6.07) is 1.29. The van der Waals surface area contributed by atoms with Gasteiger partial charge in [0.1, 0.15) is 0 Å². The standard InChI is InChI=1S/C10H24N2/c1-5-10(6-2)12-8-9(4)11-7-3/h9-12H,5-8H2,1-4H3. The minimum atomic E-state index is 0.593. The highest BCUT2D eigenvalue weighted by molar-refractivity contribution is 4.68. The van der Waals surface area contributed by atoms with Gasteiger partial charge in [0.2, 0.25) is 0 Å². The Hall–Kier alpha value is -0.0800. The molecule has 0 radical (unpaired) electrons. The van der Waals surface area contributed by atoms with Crippen molar-refractivity contribution in [1.82, 2.24) is 10.6 Å². The molecule has 0 rings (SSSR count). The maximum Gasteiger partial charge on any atom is 0.0164 e. The molecule has 1 unspecified atom stereocenters. The summed E-state index contributed by atoms with van der Waals surface area (Å²) >= 11 is 0. The SMILES string of the molecule is CCNC(C)CNC(CC)CC. The van der Waals surface area contributed by atoms with Gasteiger partial charge in [0.05, 0.1) is 0 Å². The molecule has 0 aliphatic carbocycles. The van der Waals surface area contributed by atoms with Crippen molar-refractivity contribution in [1.29, 1.82) is 0 Å². The van der Waals surface area contributed by atoms with Gasteiger partial charge in [-0.15, -0.1) is 0 Å². The van der Waals surface area contributed by atoms with Crippen molar-refractivity contribution in [2.75, 3.05) is 13.1 Å². The zero-order valence-electron chi connectivity index (χ0n) is 8.98. The van der Waals surface area contributed by atoms with E-state index >= 15 is 0 Å². The normalized spacial score (nSPS) is 13.8. The van der Waals surface area contributed by atoms with E-state index in [-0.39, 0.29) is 0 Å². The Balaban J connectivity index is 3.37. The fourth-order valence-electron chi connectivity index (χ4n) is 1.34. The van der Waals surface area contributed by atoms with Gasteiger partial charge in [-0.05, 0) is 26.3 Å².